The van der Waals surface area contributed by atoms with Crippen LogP contribution in [0.3, 0.4) is 0 Å². The van der Waals surface area contributed by atoms with Gasteiger partial charge in [0.2, 0.25) is 0 Å². The number of carbonyl (C=O) groups excluding carboxylic acids is 1. The quantitative estimate of drug-likeness (QED) is 0.312. The lowest BCUT2D eigenvalue weighted by Gasteiger charge is -2.56. The Hall–Kier alpha value is -2.80. The molecule has 0 amide bonds. The molecule has 194 valence electrons. The number of rotatable bonds is 9. The number of piperidine rings is 3. The minimum Gasteiger partial charge on any atom is -0.496 e. The number of nitrogens with zero attached hydrogens (tertiary/aromatic N) is 1. The predicted molar refractivity (Wildman–Crippen MR) is 149 cm³/mol. The second-order valence-electron chi connectivity index (χ2n) is 9.95. The number of nitrogens with one attached hydrogen (secondary N) is 1. The van der Waals surface area contributed by atoms with E-state index in [1.54, 1.807) is 18.9 Å². The second kappa shape index (κ2) is 11.7. The van der Waals surface area contributed by atoms with Crippen molar-refractivity contribution in [2.24, 2.45) is 11.8 Å². The van der Waals surface area contributed by atoms with E-state index in [0.29, 0.717) is 6.54 Å². The molecule has 6 rings (SSSR count). The molecule has 1 unspecified atom stereocenters. The maximum absolute atomic E-state index is 12.9. The highest BCUT2D eigenvalue weighted by atomic mass is 32.2. The third-order valence-electron chi connectivity index (χ3n) is 8.13. The Morgan fingerprint density at radius 1 is 1.03 bits per heavy atom. The minimum absolute atomic E-state index is 0.0992. The van der Waals surface area contributed by atoms with Crippen molar-refractivity contribution in [1.82, 2.24) is 10.2 Å². The van der Waals surface area contributed by atoms with Gasteiger partial charge in [0, 0.05) is 41.6 Å². The lowest BCUT2D eigenvalue weighted by Crippen LogP contribution is -2.68. The van der Waals surface area contributed by atoms with Gasteiger partial charge in [0.15, 0.2) is 0 Å². The normalized spacial score (nSPS) is 24.7. The summed E-state index contributed by atoms with van der Waals surface area (Å²) in [4.78, 5) is 16.6. The van der Waals surface area contributed by atoms with Crippen molar-refractivity contribution in [3.05, 3.63) is 95.6 Å². The Morgan fingerprint density at radius 2 is 1.70 bits per heavy atom. The van der Waals surface area contributed by atoms with Gasteiger partial charge >= 0.3 is 5.97 Å². The van der Waals surface area contributed by atoms with Crippen LogP contribution in [0.2, 0.25) is 0 Å². The van der Waals surface area contributed by atoms with Crippen LogP contribution < -0.4 is 10.1 Å². The molecule has 3 saturated heterocycles. The zero-order valence-electron chi connectivity index (χ0n) is 21.8. The van der Waals surface area contributed by atoms with Crippen LogP contribution in [0.4, 0.5) is 0 Å². The first-order chi connectivity index (χ1) is 18.1. The summed E-state index contributed by atoms with van der Waals surface area (Å²) in [5.74, 6) is 1.04. The first-order valence-electron chi connectivity index (χ1n) is 13.0. The van der Waals surface area contributed by atoms with Crippen LogP contribution in [0.25, 0.3) is 0 Å². The number of esters is 1. The highest BCUT2D eigenvalue weighted by Gasteiger charge is 2.52. The lowest BCUT2D eigenvalue weighted by atomic mass is 9.66. The smallest absolute Gasteiger partial charge is 0.310 e. The van der Waals surface area contributed by atoms with E-state index in [-0.39, 0.29) is 35.8 Å². The molecule has 5 atom stereocenters. The molecule has 37 heavy (non-hydrogen) atoms. The molecule has 1 N–H and O–H groups in total. The zero-order chi connectivity index (χ0) is 25.8. The highest BCUT2D eigenvalue weighted by molar-refractivity contribution is 7.98. The fourth-order valence-electron chi connectivity index (χ4n) is 6.42. The van der Waals surface area contributed by atoms with E-state index in [2.05, 4.69) is 89.3 Å². The molecule has 6 heteroatoms. The van der Waals surface area contributed by atoms with E-state index in [4.69, 9.17) is 9.47 Å². The molecule has 3 aromatic rings. The molecule has 0 spiro atoms. The fraction of sp³-hybridized carbons (Fsp3) is 0.387. The van der Waals surface area contributed by atoms with E-state index >= 15 is 0 Å². The van der Waals surface area contributed by atoms with Crippen LogP contribution in [-0.4, -0.2) is 56.5 Å². The van der Waals surface area contributed by atoms with Gasteiger partial charge in [-0.15, -0.1) is 11.8 Å². The summed E-state index contributed by atoms with van der Waals surface area (Å²) in [5, 5.41) is 3.94. The van der Waals surface area contributed by atoms with Crippen molar-refractivity contribution in [3.8, 4) is 5.75 Å². The van der Waals surface area contributed by atoms with Gasteiger partial charge in [-0.3, -0.25) is 9.69 Å². The number of fused-ring (bicyclic) bond motifs is 3. The summed E-state index contributed by atoms with van der Waals surface area (Å²) in [6, 6.07) is 28.3. The SMILES string of the molecule is COC(=O)[C@H]1CN2CC[C@@H]1[C@H](NCc1cc(SC)ccc1OC)[C@@H]2C(c1ccccc1)c1ccccc1. The Labute approximate surface area is 224 Å². The van der Waals surface area contributed by atoms with Gasteiger partial charge in [-0.2, -0.15) is 0 Å². The van der Waals surface area contributed by atoms with Crippen molar-refractivity contribution in [3.63, 3.8) is 0 Å². The summed E-state index contributed by atoms with van der Waals surface area (Å²) >= 11 is 1.73. The zero-order valence-corrected chi connectivity index (χ0v) is 22.6. The molecule has 3 aromatic carbocycles. The van der Waals surface area contributed by atoms with Crippen LogP contribution in [-0.2, 0) is 16.1 Å². The van der Waals surface area contributed by atoms with Crippen molar-refractivity contribution in [2.75, 3.05) is 33.6 Å². The van der Waals surface area contributed by atoms with Crippen molar-refractivity contribution >= 4 is 17.7 Å². The van der Waals surface area contributed by atoms with E-state index in [1.807, 2.05) is 6.07 Å². The van der Waals surface area contributed by atoms with Gasteiger partial charge in [-0.25, -0.2) is 0 Å². The molecule has 3 heterocycles. The summed E-state index contributed by atoms with van der Waals surface area (Å²) in [7, 11) is 3.23. The fourth-order valence-corrected chi connectivity index (χ4v) is 6.89. The van der Waals surface area contributed by atoms with Gasteiger partial charge < -0.3 is 14.8 Å². The predicted octanol–water partition coefficient (Wildman–Crippen LogP) is 5.20. The topological polar surface area (TPSA) is 50.8 Å². The second-order valence-corrected chi connectivity index (χ2v) is 10.8. The van der Waals surface area contributed by atoms with Crippen LogP contribution in [0.15, 0.2) is 83.8 Å². The van der Waals surface area contributed by atoms with Gasteiger partial charge in [0.1, 0.15) is 5.75 Å². The molecule has 0 saturated carbocycles. The Morgan fingerprint density at radius 3 is 2.30 bits per heavy atom. The molecular formula is C31H36N2O3S. The van der Waals surface area contributed by atoms with Crippen molar-refractivity contribution in [2.45, 2.75) is 35.9 Å². The number of thioether (sulfide) groups is 1. The molecule has 2 bridgehead atoms. The molecular weight excluding hydrogens is 480 g/mol. The van der Waals surface area contributed by atoms with Gasteiger partial charge in [-0.1, -0.05) is 60.7 Å². The molecule has 3 fully saturated rings. The molecule has 3 aliphatic rings. The van der Waals surface area contributed by atoms with Gasteiger partial charge in [0.25, 0.3) is 0 Å². The standard InChI is InChI=1S/C31H36N2O3S/c1-35-27-15-14-24(37-3)18-23(27)19-32-29-25-16-17-33(20-26(25)31(34)36-2)30(29)28(21-10-6-4-7-11-21)22-12-8-5-9-13-22/h4-15,18,25-26,28-30,32H,16-17,19-20H2,1-3H3/t25-,26-,29-,30-/m0/s1. The average Bonchev–Trinajstić information content (AvgIpc) is 2.97. The van der Waals surface area contributed by atoms with E-state index in [0.717, 1.165) is 30.8 Å². The Bertz CT molecular complexity index is 1150. The third kappa shape index (κ3) is 5.28. The maximum Gasteiger partial charge on any atom is 0.310 e. The maximum atomic E-state index is 12.9. The number of hydrogen-bond acceptors (Lipinski definition) is 6. The largest absolute Gasteiger partial charge is 0.496 e. The molecule has 5 nitrogen and oxygen atoms in total. The average molecular weight is 517 g/mol. The number of methoxy groups -OCH3 is 2. The summed E-state index contributed by atoms with van der Waals surface area (Å²) in [5.41, 5.74) is 3.74. The summed E-state index contributed by atoms with van der Waals surface area (Å²) < 4.78 is 11.0. The minimum atomic E-state index is -0.126. The van der Waals surface area contributed by atoms with E-state index < -0.39 is 0 Å². The monoisotopic (exact) mass is 516 g/mol. The lowest BCUT2D eigenvalue weighted by molar-refractivity contribution is -0.156. The first-order valence-corrected chi connectivity index (χ1v) is 14.2. The first kappa shape index (κ1) is 25.8. The number of hydrogen-bond donors (Lipinski definition) is 1. The molecule has 0 radical (unpaired) electrons. The third-order valence-corrected chi connectivity index (χ3v) is 8.85. The molecule has 3 aliphatic heterocycles. The van der Waals surface area contributed by atoms with Crippen LogP contribution in [0.5, 0.6) is 5.75 Å². The Kier molecular flexibility index (Phi) is 8.18. The summed E-state index contributed by atoms with van der Waals surface area (Å²) in [6.45, 7) is 2.40. The van der Waals surface area contributed by atoms with Crippen molar-refractivity contribution in [1.29, 1.82) is 0 Å². The molecule has 0 aliphatic carbocycles. The summed E-state index contributed by atoms with van der Waals surface area (Å²) in [6.07, 6.45) is 3.07. The number of benzene rings is 3. The van der Waals surface area contributed by atoms with Crippen molar-refractivity contribution < 1.29 is 14.3 Å². The van der Waals surface area contributed by atoms with Crippen LogP contribution in [0.1, 0.15) is 29.0 Å². The van der Waals surface area contributed by atoms with Crippen LogP contribution >= 0.6 is 11.8 Å². The number of carbonyl (C=O) groups is 1. The number of ether oxygens (including phenoxy) is 2. The van der Waals surface area contributed by atoms with Gasteiger partial charge in [0.05, 0.1) is 20.1 Å². The molecule has 0 aromatic heterocycles. The van der Waals surface area contributed by atoms with Crippen LogP contribution in [0, 0.1) is 11.8 Å². The van der Waals surface area contributed by atoms with E-state index in [9.17, 15) is 4.79 Å². The highest BCUT2D eigenvalue weighted by Crippen LogP contribution is 2.44. The van der Waals surface area contributed by atoms with E-state index in [1.165, 1.54) is 23.1 Å². The van der Waals surface area contributed by atoms with Gasteiger partial charge in [-0.05, 0) is 54.5 Å². The Balaban J connectivity index is 1.54.